The molecule has 6 N–H and O–H groups in total. The second-order valence-electron chi connectivity index (χ2n) is 13.7. The topological polar surface area (TPSA) is 185 Å². The van der Waals surface area contributed by atoms with Crippen LogP contribution in [0.15, 0.2) is 42.5 Å². The molecule has 0 aliphatic rings. The van der Waals surface area contributed by atoms with Crippen molar-refractivity contribution in [2.24, 2.45) is 11.8 Å². The number of hydrogen-bond donors (Lipinski definition) is 6. The van der Waals surface area contributed by atoms with Gasteiger partial charge in [-0.25, -0.2) is 4.79 Å². The zero-order valence-corrected chi connectivity index (χ0v) is 31.8. The van der Waals surface area contributed by atoms with Crippen LogP contribution in [0.25, 0.3) is 10.8 Å². The minimum absolute atomic E-state index is 0.0322. The Kier molecular flexibility index (Phi) is 20.9. The quantitative estimate of drug-likeness (QED) is 0.0831. The molecule has 4 amide bonds. The molecule has 0 aromatic heterocycles. The molecule has 0 saturated carbocycles. The maximum atomic E-state index is 14.0. The molecule has 0 bridgehead atoms. The molecule has 2 aromatic rings. The van der Waals surface area contributed by atoms with Crippen LogP contribution in [-0.2, 0) is 35.0 Å². The van der Waals surface area contributed by atoms with E-state index >= 15 is 0 Å². The first-order valence-electron chi connectivity index (χ1n) is 18.6. The molecule has 3 unspecified atom stereocenters. The molecule has 52 heavy (non-hydrogen) atoms. The van der Waals surface area contributed by atoms with Gasteiger partial charge in [-0.3, -0.25) is 14.4 Å². The van der Waals surface area contributed by atoms with Gasteiger partial charge in [-0.05, 0) is 41.0 Å². The van der Waals surface area contributed by atoms with Crippen LogP contribution in [0, 0.1) is 11.8 Å². The van der Waals surface area contributed by atoms with Crippen molar-refractivity contribution < 1.29 is 43.6 Å². The molecule has 0 saturated heterocycles. The summed E-state index contributed by atoms with van der Waals surface area (Å²) in [6.07, 6.45) is 0.692. The van der Waals surface area contributed by atoms with Gasteiger partial charge in [0.1, 0.15) is 18.7 Å². The lowest BCUT2D eigenvalue weighted by molar-refractivity contribution is -0.131. The molecule has 0 aliphatic heterocycles. The molecule has 2 aromatic carbocycles. The minimum atomic E-state index is -1.21. The maximum absolute atomic E-state index is 14.0. The van der Waals surface area contributed by atoms with Gasteiger partial charge in [0, 0.05) is 13.5 Å². The zero-order chi connectivity index (χ0) is 38.5. The number of aliphatic hydroxyl groups excluding tert-OH is 2. The van der Waals surface area contributed by atoms with Crippen LogP contribution in [-0.4, -0.2) is 104 Å². The van der Waals surface area contributed by atoms with E-state index < -0.39 is 54.1 Å². The number of methoxy groups -OCH3 is 1. The second-order valence-corrected chi connectivity index (χ2v) is 13.7. The van der Waals surface area contributed by atoms with E-state index in [-0.39, 0.29) is 44.5 Å². The first-order valence-corrected chi connectivity index (χ1v) is 18.6. The predicted molar refractivity (Wildman–Crippen MR) is 201 cm³/mol. The van der Waals surface area contributed by atoms with Crippen molar-refractivity contribution in [2.45, 2.75) is 110 Å². The Morgan fingerprint density at radius 3 is 2.17 bits per heavy atom. The average Bonchev–Trinajstić information content (AvgIpc) is 3.12. The van der Waals surface area contributed by atoms with Crippen molar-refractivity contribution in [3.63, 3.8) is 0 Å². The molecule has 0 heterocycles. The lowest BCUT2D eigenvalue weighted by atomic mass is 9.95. The van der Waals surface area contributed by atoms with Gasteiger partial charge >= 0.3 is 6.09 Å². The van der Waals surface area contributed by atoms with Gasteiger partial charge in [0.25, 0.3) is 0 Å². The Bertz CT molecular complexity index is 1370. The Morgan fingerprint density at radius 2 is 1.50 bits per heavy atom. The first-order chi connectivity index (χ1) is 24.9. The van der Waals surface area contributed by atoms with Gasteiger partial charge in [-0.2, -0.15) is 0 Å². The molecule has 292 valence electrons. The number of amides is 4. The number of unbranched alkanes of at least 4 members (excludes halogenated alkanes) is 1. The number of carbonyl (C=O) groups excluding carboxylic acids is 4. The summed E-state index contributed by atoms with van der Waals surface area (Å²) >= 11 is 0. The van der Waals surface area contributed by atoms with E-state index in [4.69, 9.17) is 14.2 Å². The van der Waals surface area contributed by atoms with E-state index in [2.05, 4.69) is 21.3 Å². The molecule has 0 radical (unpaired) electrons. The van der Waals surface area contributed by atoms with Gasteiger partial charge in [-0.15, -0.1) is 0 Å². The van der Waals surface area contributed by atoms with Crippen LogP contribution in [0.2, 0.25) is 0 Å². The SMILES string of the molecule is CCCC[C@H](NC(=O)[C@H](Cc1cccc2ccccc12)NC(=O)OCCOCCOC)C(=O)NC(CC(C)C)C(O)CC(=O)N[C@H](CO)C(C)CC. The number of rotatable bonds is 25. The number of fused-ring (bicyclic) bond motifs is 1. The van der Waals surface area contributed by atoms with E-state index in [9.17, 15) is 29.4 Å². The molecule has 2 rings (SSSR count). The number of hydrogen-bond acceptors (Lipinski definition) is 9. The molecule has 0 spiro atoms. The van der Waals surface area contributed by atoms with E-state index in [0.29, 0.717) is 32.5 Å². The summed E-state index contributed by atoms with van der Waals surface area (Å²) in [5.41, 5.74) is 0.825. The number of ether oxygens (including phenoxy) is 3. The number of nitrogens with one attached hydrogen (secondary N) is 4. The highest BCUT2D eigenvalue weighted by Crippen LogP contribution is 2.20. The van der Waals surface area contributed by atoms with E-state index in [1.54, 1.807) is 7.11 Å². The summed E-state index contributed by atoms with van der Waals surface area (Å²) in [5.74, 6) is -1.39. The Balaban J connectivity index is 2.25. The van der Waals surface area contributed by atoms with Crippen LogP contribution in [0.5, 0.6) is 0 Å². The van der Waals surface area contributed by atoms with Gasteiger partial charge in [0.15, 0.2) is 0 Å². The number of aliphatic hydroxyl groups is 2. The first kappa shape index (κ1) is 44.4. The van der Waals surface area contributed by atoms with Crippen molar-refractivity contribution in [2.75, 3.05) is 40.1 Å². The van der Waals surface area contributed by atoms with Gasteiger partial charge < -0.3 is 45.7 Å². The lowest BCUT2D eigenvalue weighted by Crippen LogP contribution is -2.57. The smallest absolute Gasteiger partial charge is 0.407 e. The normalized spacial score (nSPS) is 14.9. The molecule has 0 fully saturated rings. The third kappa shape index (κ3) is 15.9. The molecular formula is C39H62N4O9. The fraction of sp³-hybridized carbons (Fsp3) is 0.641. The van der Waals surface area contributed by atoms with Gasteiger partial charge in [-0.1, -0.05) is 96.3 Å². The summed E-state index contributed by atoms with van der Waals surface area (Å²) in [4.78, 5) is 53.6. The summed E-state index contributed by atoms with van der Waals surface area (Å²) in [6, 6.07) is 10.2. The van der Waals surface area contributed by atoms with Crippen LogP contribution in [0.3, 0.4) is 0 Å². The van der Waals surface area contributed by atoms with Crippen molar-refractivity contribution in [1.29, 1.82) is 0 Å². The highest BCUT2D eigenvalue weighted by atomic mass is 16.6. The summed E-state index contributed by atoms with van der Waals surface area (Å²) in [7, 11) is 1.56. The van der Waals surface area contributed by atoms with Crippen molar-refractivity contribution >= 4 is 34.6 Å². The highest BCUT2D eigenvalue weighted by molar-refractivity contribution is 5.92. The zero-order valence-electron chi connectivity index (χ0n) is 31.8. The van der Waals surface area contributed by atoms with E-state index in [0.717, 1.165) is 29.2 Å². The Morgan fingerprint density at radius 1 is 0.808 bits per heavy atom. The molecule has 13 nitrogen and oxygen atoms in total. The number of alkyl carbamates (subject to hydrolysis) is 1. The molecular weight excluding hydrogens is 668 g/mol. The molecule has 13 heteroatoms. The Hall–Kier alpha value is -3.78. The third-order valence-corrected chi connectivity index (χ3v) is 9.07. The fourth-order valence-electron chi connectivity index (χ4n) is 5.82. The van der Waals surface area contributed by atoms with E-state index in [1.165, 1.54) is 0 Å². The molecule has 6 atom stereocenters. The summed E-state index contributed by atoms with van der Waals surface area (Å²) in [6.45, 7) is 10.4. The molecule has 0 aliphatic carbocycles. The van der Waals surface area contributed by atoms with Gasteiger partial charge in [0.2, 0.25) is 17.7 Å². The van der Waals surface area contributed by atoms with Crippen LogP contribution >= 0.6 is 0 Å². The minimum Gasteiger partial charge on any atom is -0.447 e. The fourth-order valence-corrected chi connectivity index (χ4v) is 5.82. The number of carbonyl (C=O) groups is 4. The average molecular weight is 731 g/mol. The summed E-state index contributed by atoms with van der Waals surface area (Å²) < 4.78 is 15.6. The Labute approximate surface area is 308 Å². The van der Waals surface area contributed by atoms with Crippen molar-refractivity contribution in [3.8, 4) is 0 Å². The van der Waals surface area contributed by atoms with Crippen LogP contribution in [0.1, 0.15) is 78.7 Å². The second kappa shape index (κ2) is 24.5. The highest BCUT2D eigenvalue weighted by Gasteiger charge is 2.31. The third-order valence-electron chi connectivity index (χ3n) is 9.07. The standard InChI is InChI=1S/C39H62N4O9/c1-7-9-17-31(37(47)42-32(22-26(3)4)35(45)24-36(46)40-34(25-44)27(5)8-2)41-38(48)33(43-39(49)52-21-20-51-19-18-50-6)23-29-15-12-14-28-13-10-11-16-30(28)29/h10-16,26-27,31-35,44-45H,7-9,17-25H2,1-6H3,(H,40,46)(H,41,48)(H,42,47)(H,43,49)/t27?,31-,32?,33-,34+,35?/m0/s1. The largest absolute Gasteiger partial charge is 0.447 e. The lowest BCUT2D eigenvalue weighted by Gasteiger charge is -2.29. The number of benzene rings is 2. The summed E-state index contributed by atoms with van der Waals surface area (Å²) in [5, 5.41) is 34.1. The van der Waals surface area contributed by atoms with Gasteiger partial charge in [0.05, 0.1) is 51.0 Å². The van der Waals surface area contributed by atoms with Crippen LogP contribution in [0.4, 0.5) is 4.79 Å². The monoisotopic (exact) mass is 730 g/mol. The predicted octanol–water partition coefficient (Wildman–Crippen LogP) is 3.62. The van der Waals surface area contributed by atoms with E-state index in [1.807, 2.05) is 77.1 Å². The van der Waals surface area contributed by atoms with Crippen LogP contribution < -0.4 is 21.3 Å². The van der Waals surface area contributed by atoms with Crippen molar-refractivity contribution in [1.82, 2.24) is 21.3 Å². The van der Waals surface area contributed by atoms with Crippen molar-refractivity contribution in [3.05, 3.63) is 48.0 Å². The maximum Gasteiger partial charge on any atom is 0.407 e.